The first-order valence-electron chi connectivity index (χ1n) is 15.3. The first-order valence-corrected chi connectivity index (χ1v) is 15.3. The maximum atomic E-state index is 16.3. The Morgan fingerprint density at radius 2 is 1.89 bits per heavy atom. The highest BCUT2D eigenvalue weighted by Gasteiger charge is 2.32. The molecule has 2 fully saturated rings. The summed E-state index contributed by atoms with van der Waals surface area (Å²) in [5.41, 5.74) is 2.96. The molecule has 1 saturated carbocycles. The molecule has 0 atom stereocenters. The van der Waals surface area contributed by atoms with E-state index in [2.05, 4.69) is 20.3 Å². The van der Waals surface area contributed by atoms with Crippen molar-refractivity contribution in [3.63, 3.8) is 0 Å². The number of aromatic amines is 1. The lowest BCUT2D eigenvalue weighted by molar-refractivity contribution is -0.131. The van der Waals surface area contributed by atoms with Gasteiger partial charge in [0.25, 0.3) is 5.91 Å². The Morgan fingerprint density at radius 3 is 2.62 bits per heavy atom. The molecule has 1 saturated heterocycles. The number of hydrogen-bond acceptors (Lipinski definition) is 7. The molecule has 1 aliphatic carbocycles. The average molecular weight is 617 g/mol. The van der Waals surface area contributed by atoms with Crippen LogP contribution in [0.1, 0.15) is 53.2 Å². The van der Waals surface area contributed by atoms with Crippen LogP contribution >= 0.6 is 0 Å². The minimum absolute atomic E-state index is 0.0125. The number of rotatable bonds is 8. The molecule has 2 aliphatic heterocycles. The van der Waals surface area contributed by atoms with Crippen LogP contribution < -0.4 is 9.64 Å². The van der Waals surface area contributed by atoms with Gasteiger partial charge >= 0.3 is 0 Å². The molecule has 0 bridgehead atoms. The largest absolute Gasteiger partial charge is 0.493 e. The second kappa shape index (κ2) is 11.9. The molecule has 45 heavy (non-hydrogen) atoms. The summed E-state index contributed by atoms with van der Waals surface area (Å²) in [5, 5.41) is 8.44. The molecule has 0 radical (unpaired) electrons. The molecule has 1 N–H and O–H groups in total. The van der Waals surface area contributed by atoms with Gasteiger partial charge in [-0.2, -0.15) is 0 Å². The number of pyridine rings is 1. The predicted molar refractivity (Wildman–Crippen MR) is 163 cm³/mol. The number of anilines is 1. The third-order valence-corrected chi connectivity index (χ3v) is 8.89. The summed E-state index contributed by atoms with van der Waals surface area (Å²) in [5.74, 6) is 0.0986. The summed E-state index contributed by atoms with van der Waals surface area (Å²) >= 11 is 0. The van der Waals surface area contributed by atoms with Gasteiger partial charge in [0.1, 0.15) is 11.5 Å². The van der Waals surface area contributed by atoms with Crippen LogP contribution in [0.5, 0.6) is 5.75 Å². The van der Waals surface area contributed by atoms with Crippen LogP contribution in [0.2, 0.25) is 0 Å². The average Bonchev–Trinajstić information content (AvgIpc) is 3.58. The minimum Gasteiger partial charge on any atom is -0.493 e. The fourth-order valence-electron chi connectivity index (χ4n) is 6.33. The third kappa shape index (κ3) is 5.74. The summed E-state index contributed by atoms with van der Waals surface area (Å²) < 4.78 is 36.8. The van der Waals surface area contributed by atoms with Gasteiger partial charge in [0, 0.05) is 68.9 Å². The number of hydrogen-bond donors (Lipinski definition) is 1. The number of H-pyrrole nitrogens is 1. The van der Waals surface area contributed by atoms with E-state index in [0.29, 0.717) is 86.5 Å². The number of aromatic nitrogens is 5. The number of halogens is 2. The Morgan fingerprint density at radius 1 is 1.07 bits per heavy atom. The standard InChI is InChI=1S/C32H34F2N8O3/c1-45-27-15-22(33)18-35-31(27)39-11-13-40(14-12-39)32(44)26-17-25-23(20-4-5-20)16-24(29(34)30(25)37-26)21-3-2-8-41(19-21)28(43)6-9-42-10-7-36-38-42/h3,7,10,15-18,20,37H,2,4-6,8-9,11-14,19H2,1H3. The number of benzene rings is 1. The normalized spacial score (nSPS) is 17.1. The van der Waals surface area contributed by atoms with Crippen LogP contribution in [-0.2, 0) is 11.3 Å². The lowest BCUT2D eigenvalue weighted by atomic mass is 9.94. The van der Waals surface area contributed by atoms with Crippen molar-refractivity contribution in [3.05, 3.63) is 71.3 Å². The highest BCUT2D eigenvalue weighted by molar-refractivity contribution is 6.00. The summed E-state index contributed by atoms with van der Waals surface area (Å²) in [4.78, 5) is 39.4. The number of ether oxygens (including phenoxy) is 1. The zero-order valence-electron chi connectivity index (χ0n) is 25.0. The quantitative estimate of drug-likeness (QED) is 0.319. The van der Waals surface area contributed by atoms with Gasteiger partial charge in [0.05, 0.1) is 31.6 Å². The zero-order chi connectivity index (χ0) is 31.1. The molecule has 2 amide bonds. The SMILES string of the molecule is COc1cc(F)cnc1N1CCN(C(=O)c2cc3c(C4CC4)cc(C4=CCCN(C(=O)CCn5ccnn5)C4)c(F)c3[nH]2)CC1. The molecule has 5 heterocycles. The molecule has 13 heteroatoms. The van der Waals surface area contributed by atoms with Crippen LogP contribution in [0.4, 0.5) is 14.6 Å². The summed E-state index contributed by atoms with van der Waals surface area (Å²) in [6, 6.07) is 5.00. The van der Waals surface area contributed by atoms with E-state index in [4.69, 9.17) is 4.74 Å². The highest BCUT2D eigenvalue weighted by atomic mass is 19.1. The Labute approximate surface area is 258 Å². The molecule has 0 spiro atoms. The van der Waals surface area contributed by atoms with Crippen LogP contribution in [0.15, 0.2) is 42.9 Å². The number of amides is 2. The van der Waals surface area contributed by atoms with E-state index in [9.17, 15) is 14.0 Å². The molecule has 7 rings (SSSR count). The first kappa shape index (κ1) is 28.9. The van der Waals surface area contributed by atoms with Gasteiger partial charge in [0.15, 0.2) is 17.4 Å². The van der Waals surface area contributed by atoms with Crippen LogP contribution in [0, 0.1) is 11.6 Å². The molecule has 3 aliphatic rings. The van der Waals surface area contributed by atoms with Crippen molar-refractivity contribution in [1.82, 2.24) is 34.8 Å². The van der Waals surface area contributed by atoms with Crippen molar-refractivity contribution in [1.29, 1.82) is 0 Å². The number of piperazine rings is 1. The van der Waals surface area contributed by atoms with E-state index in [1.165, 1.54) is 13.2 Å². The van der Waals surface area contributed by atoms with Gasteiger partial charge in [-0.1, -0.05) is 11.3 Å². The molecule has 11 nitrogen and oxygen atoms in total. The van der Waals surface area contributed by atoms with E-state index in [-0.39, 0.29) is 18.2 Å². The molecular formula is C32H34F2N8O3. The van der Waals surface area contributed by atoms with Crippen molar-refractivity contribution >= 4 is 34.1 Å². The third-order valence-electron chi connectivity index (χ3n) is 8.89. The Hall–Kier alpha value is -4.81. The summed E-state index contributed by atoms with van der Waals surface area (Å²) in [6.07, 6.45) is 9.43. The zero-order valence-corrected chi connectivity index (χ0v) is 25.0. The van der Waals surface area contributed by atoms with Crippen LogP contribution in [0.25, 0.3) is 16.5 Å². The van der Waals surface area contributed by atoms with Crippen molar-refractivity contribution in [2.24, 2.45) is 0 Å². The van der Waals surface area contributed by atoms with E-state index in [1.807, 2.05) is 17.0 Å². The van der Waals surface area contributed by atoms with Crippen molar-refractivity contribution < 1.29 is 23.1 Å². The Kier molecular flexibility index (Phi) is 7.68. The smallest absolute Gasteiger partial charge is 0.270 e. The number of fused-ring (bicyclic) bond motifs is 1. The number of nitrogens with zero attached hydrogens (tertiary/aromatic N) is 7. The number of carbonyl (C=O) groups excluding carboxylic acids is 2. The fraction of sp³-hybridized carbons (Fsp3) is 0.406. The van der Waals surface area contributed by atoms with E-state index >= 15 is 4.39 Å². The first-order chi connectivity index (χ1) is 21.9. The van der Waals surface area contributed by atoms with Crippen LogP contribution in [-0.4, -0.2) is 93.0 Å². The van der Waals surface area contributed by atoms with Gasteiger partial charge in [-0.25, -0.2) is 13.8 Å². The lowest BCUT2D eigenvalue weighted by Gasteiger charge is -2.35. The van der Waals surface area contributed by atoms with E-state index in [0.717, 1.165) is 35.6 Å². The predicted octanol–water partition coefficient (Wildman–Crippen LogP) is 3.99. The maximum Gasteiger partial charge on any atom is 0.270 e. The minimum atomic E-state index is -0.478. The van der Waals surface area contributed by atoms with Gasteiger partial charge in [0.2, 0.25) is 5.91 Å². The van der Waals surface area contributed by atoms with Crippen molar-refractivity contribution in [2.45, 2.75) is 38.1 Å². The maximum absolute atomic E-state index is 16.3. The van der Waals surface area contributed by atoms with Gasteiger partial charge in [-0.15, -0.1) is 5.10 Å². The van der Waals surface area contributed by atoms with Gasteiger partial charge < -0.3 is 24.4 Å². The summed E-state index contributed by atoms with van der Waals surface area (Å²) in [6.45, 7) is 3.18. The van der Waals surface area contributed by atoms with Gasteiger partial charge in [-0.05, 0) is 48.4 Å². The monoisotopic (exact) mass is 616 g/mol. The molecular weight excluding hydrogens is 582 g/mol. The lowest BCUT2D eigenvalue weighted by Crippen LogP contribution is -2.49. The number of nitrogens with one attached hydrogen (secondary N) is 1. The topological polar surface area (TPSA) is 112 Å². The summed E-state index contributed by atoms with van der Waals surface area (Å²) in [7, 11) is 1.47. The van der Waals surface area contributed by atoms with E-state index in [1.54, 1.807) is 32.9 Å². The fourth-order valence-corrected chi connectivity index (χ4v) is 6.33. The molecule has 3 aromatic heterocycles. The van der Waals surface area contributed by atoms with Crippen LogP contribution in [0.3, 0.4) is 0 Å². The number of carbonyl (C=O) groups is 2. The van der Waals surface area contributed by atoms with Crippen molar-refractivity contribution in [2.75, 3.05) is 51.3 Å². The van der Waals surface area contributed by atoms with Gasteiger partial charge in [-0.3, -0.25) is 14.3 Å². The number of aryl methyl sites for hydroxylation is 1. The molecule has 1 aromatic carbocycles. The second-order valence-corrected chi connectivity index (χ2v) is 11.8. The molecule has 4 aromatic rings. The highest BCUT2D eigenvalue weighted by Crippen LogP contribution is 2.45. The molecule has 234 valence electrons. The Balaban J connectivity index is 1.09. The number of methoxy groups -OCH3 is 1. The van der Waals surface area contributed by atoms with Crippen molar-refractivity contribution in [3.8, 4) is 5.75 Å². The van der Waals surface area contributed by atoms with E-state index < -0.39 is 11.6 Å². The molecule has 0 unspecified atom stereocenters. The Bertz CT molecular complexity index is 1770. The second-order valence-electron chi connectivity index (χ2n) is 11.8.